The molecule has 5 nitrogen and oxygen atoms in total. The molecule has 1 saturated heterocycles. The molecule has 0 spiro atoms. The molecule has 5 heteroatoms. The van der Waals surface area contributed by atoms with E-state index in [0.717, 1.165) is 43.9 Å². The number of nitrogens with one attached hydrogen (secondary N) is 1. The third-order valence-electron chi connectivity index (χ3n) is 3.26. The number of nitrogens with zero attached hydrogens (tertiary/aromatic N) is 2. The van der Waals surface area contributed by atoms with Crippen LogP contribution in [0.5, 0.6) is 0 Å². The Bertz CT molecular complexity index is 404. The fourth-order valence-electron chi connectivity index (χ4n) is 2.38. The van der Waals surface area contributed by atoms with Crippen LogP contribution in [0.15, 0.2) is 18.3 Å². The van der Waals surface area contributed by atoms with Gasteiger partial charge in [-0.15, -0.1) is 0 Å². The zero-order valence-electron chi connectivity index (χ0n) is 10.7. The summed E-state index contributed by atoms with van der Waals surface area (Å²) in [4.78, 5) is 17.8. The van der Waals surface area contributed by atoms with Gasteiger partial charge in [0.25, 0.3) is 0 Å². The molecule has 2 rings (SSSR count). The van der Waals surface area contributed by atoms with Gasteiger partial charge in [0.05, 0.1) is 6.04 Å². The Morgan fingerprint density at radius 1 is 1.61 bits per heavy atom. The van der Waals surface area contributed by atoms with Crippen LogP contribution >= 0.6 is 0 Å². The van der Waals surface area contributed by atoms with Crippen LogP contribution in [0.3, 0.4) is 0 Å². The van der Waals surface area contributed by atoms with Crippen LogP contribution in [-0.4, -0.2) is 34.9 Å². The Kier molecular flexibility index (Phi) is 4.15. The summed E-state index contributed by atoms with van der Waals surface area (Å²) in [7, 11) is 0. The molecule has 1 aliphatic rings. The summed E-state index contributed by atoms with van der Waals surface area (Å²) in [6.45, 7) is 4.58. The Hall–Kier alpha value is -1.62. The van der Waals surface area contributed by atoms with Crippen molar-refractivity contribution < 1.29 is 4.79 Å². The van der Waals surface area contributed by atoms with Crippen molar-refractivity contribution in [2.45, 2.75) is 32.4 Å². The van der Waals surface area contributed by atoms with Crippen molar-refractivity contribution in [1.82, 2.24) is 9.88 Å². The van der Waals surface area contributed by atoms with Gasteiger partial charge in [-0.05, 0) is 37.9 Å². The van der Waals surface area contributed by atoms with E-state index >= 15 is 0 Å². The van der Waals surface area contributed by atoms with E-state index in [4.69, 9.17) is 5.73 Å². The molecule has 1 aliphatic heterocycles. The van der Waals surface area contributed by atoms with Crippen LogP contribution < -0.4 is 11.1 Å². The highest BCUT2D eigenvalue weighted by Gasteiger charge is 2.28. The molecule has 0 aliphatic carbocycles. The van der Waals surface area contributed by atoms with Crippen molar-refractivity contribution in [2.75, 3.05) is 18.4 Å². The van der Waals surface area contributed by atoms with Crippen molar-refractivity contribution in [2.24, 2.45) is 5.73 Å². The average molecular weight is 248 g/mol. The first kappa shape index (κ1) is 12.8. The Morgan fingerprint density at radius 3 is 3.06 bits per heavy atom. The highest BCUT2D eigenvalue weighted by molar-refractivity contribution is 5.80. The van der Waals surface area contributed by atoms with Crippen LogP contribution in [0, 0.1) is 0 Å². The Morgan fingerprint density at radius 2 is 2.44 bits per heavy atom. The highest BCUT2D eigenvalue weighted by Crippen LogP contribution is 2.19. The summed E-state index contributed by atoms with van der Waals surface area (Å²) in [6, 6.07) is 3.90. The normalized spacial score (nSPS) is 19.9. The molecule has 1 unspecified atom stereocenters. The van der Waals surface area contributed by atoms with E-state index in [1.54, 1.807) is 0 Å². The van der Waals surface area contributed by atoms with E-state index in [0.29, 0.717) is 0 Å². The number of hydrogen-bond acceptors (Lipinski definition) is 4. The lowest BCUT2D eigenvalue weighted by Gasteiger charge is -2.21. The van der Waals surface area contributed by atoms with E-state index < -0.39 is 0 Å². The number of pyridine rings is 1. The van der Waals surface area contributed by atoms with Crippen LogP contribution in [0.1, 0.15) is 25.3 Å². The third kappa shape index (κ3) is 2.98. The number of carbonyl (C=O) groups excluding carboxylic acids is 1. The first-order chi connectivity index (χ1) is 8.70. The summed E-state index contributed by atoms with van der Waals surface area (Å²) < 4.78 is 0. The second-order valence-corrected chi connectivity index (χ2v) is 4.61. The fourth-order valence-corrected chi connectivity index (χ4v) is 2.38. The smallest absolute Gasteiger partial charge is 0.234 e. The lowest BCUT2D eigenvalue weighted by atomic mass is 10.2. The summed E-state index contributed by atoms with van der Waals surface area (Å²) >= 11 is 0. The standard InChI is InChI=1S/C13H20N4O/c1-2-15-12-6-5-10(8-16-12)9-17-7-3-4-11(17)13(14)18/h5-6,8,11H,2-4,7,9H2,1H3,(H2,14,18)(H,15,16). The predicted octanol–water partition coefficient (Wildman–Crippen LogP) is 0.963. The molecule has 0 bridgehead atoms. The first-order valence-electron chi connectivity index (χ1n) is 6.43. The molecular formula is C13H20N4O. The molecule has 18 heavy (non-hydrogen) atoms. The second-order valence-electron chi connectivity index (χ2n) is 4.61. The fraction of sp³-hybridized carbons (Fsp3) is 0.538. The minimum atomic E-state index is -0.218. The Balaban J connectivity index is 1.98. The molecule has 1 amide bonds. The lowest BCUT2D eigenvalue weighted by Crippen LogP contribution is -2.39. The number of aromatic nitrogens is 1. The highest BCUT2D eigenvalue weighted by atomic mass is 16.1. The average Bonchev–Trinajstić information content (AvgIpc) is 2.80. The zero-order valence-corrected chi connectivity index (χ0v) is 10.7. The van der Waals surface area contributed by atoms with Gasteiger partial charge in [0.2, 0.25) is 5.91 Å². The molecule has 0 radical (unpaired) electrons. The maximum absolute atomic E-state index is 11.3. The predicted molar refractivity (Wildman–Crippen MR) is 71.0 cm³/mol. The van der Waals surface area contributed by atoms with Gasteiger partial charge in [0.15, 0.2) is 0 Å². The van der Waals surface area contributed by atoms with E-state index in [1.807, 2.05) is 25.3 Å². The van der Waals surface area contributed by atoms with E-state index in [9.17, 15) is 4.79 Å². The first-order valence-corrected chi connectivity index (χ1v) is 6.43. The van der Waals surface area contributed by atoms with Gasteiger partial charge in [-0.3, -0.25) is 9.69 Å². The van der Waals surface area contributed by atoms with Crippen molar-refractivity contribution in [1.29, 1.82) is 0 Å². The quantitative estimate of drug-likeness (QED) is 0.814. The number of anilines is 1. The molecule has 1 aromatic heterocycles. The van der Waals surface area contributed by atoms with Gasteiger partial charge in [-0.1, -0.05) is 6.07 Å². The van der Waals surface area contributed by atoms with Gasteiger partial charge in [0, 0.05) is 19.3 Å². The van der Waals surface area contributed by atoms with Gasteiger partial charge >= 0.3 is 0 Å². The van der Waals surface area contributed by atoms with E-state index in [1.165, 1.54) is 0 Å². The van der Waals surface area contributed by atoms with Crippen molar-refractivity contribution in [3.05, 3.63) is 23.9 Å². The number of primary amides is 1. The number of hydrogen-bond donors (Lipinski definition) is 2. The van der Waals surface area contributed by atoms with Crippen LogP contribution in [-0.2, 0) is 11.3 Å². The summed E-state index contributed by atoms with van der Waals surface area (Å²) in [5.74, 6) is 0.666. The van der Waals surface area contributed by atoms with Crippen LogP contribution in [0.4, 0.5) is 5.82 Å². The molecule has 1 aromatic rings. The topological polar surface area (TPSA) is 71.2 Å². The third-order valence-corrected chi connectivity index (χ3v) is 3.26. The van der Waals surface area contributed by atoms with Crippen molar-refractivity contribution in [3.8, 4) is 0 Å². The van der Waals surface area contributed by atoms with Gasteiger partial charge in [-0.2, -0.15) is 0 Å². The van der Waals surface area contributed by atoms with Crippen LogP contribution in [0.2, 0.25) is 0 Å². The number of carbonyl (C=O) groups is 1. The molecule has 1 fully saturated rings. The number of rotatable bonds is 5. The second kappa shape index (κ2) is 5.82. The molecule has 0 aromatic carbocycles. The van der Waals surface area contributed by atoms with Gasteiger partial charge < -0.3 is 11.1 Å². The summed E-state index contributed by atoms with van der Waals surface area (Å²) in [6.07, 6.45) is 3.77. The zero-order chi connectivity index (χ0) is 13.0. The minimum absolute atomic E-state index is 0.113. The molecule has 2 heterocycles. The van der Waals surface area contributed by atoms with Crippen molar-refractivity contribution >= 4 is 11.7 Å². The monoisotopic (exact) mass is 248 g/mol. The summed E-state index contributed by atoms with van der Waals surface area (Å²) in [5, 5.41) is 3.16. The van der Waals surface area contributed by atoms with Gasteiger partial charge in [-0.25, -0.2) is 4.98 Å². The molecule has 3 N–H and O–H groups in total. The largest absolute Gasteiger partial charge is 0.370 e. The maximum Gasteiger partial charge on any atom is 0.234 e. The van der Waals surface area contributed by atoms with Crippen molar-refractivity contribution in [3.63, 3.8) is 0 Å². The Labute approximate surface area is 107 Å². The van der Waals surface area contributed by atoms with Crippen LogP contribution in [0.25, 0.3) is 0 Å². The molecule has 0 saturated carbocycles. The minimum Gasteiger partial charge on any atom is -0.370 e. The number of nitrogens with two attached hydrogens (primary N) is 1. The maximum atomic E-state index is 11.3. The van der Waals surface area contributed by atoms with E-state index in [2.05, 4.69) is 15.2 Å². The number of amides is 1. The molecule has 1 atom stereocenters. The molecular weight excluding hydrogens is 228 g/mol. The SMILES string of the molecule is CCNc1ccc(CN2CCCC2C(N)=O)cn1. The van der Waals surface area contributed by atoms with E-state index in [-0.39, 0.29) is 11.9 Å². The number of likely N-dealkylation sites (tertiary alicyclic amines) is 1. The molecule has 98 valence electrons. The van der Waals surface area contributed by atoms with Gasteiger partial charge in [0.1, 0.15) is 5.82 Å². The lowest BCUT2D eigenvalue weighted by molar-refractivity contribution is -0.122. The summed E-state index contributed by atoms with van der Waals surface area (Å²) in [5.41, 5.74) is 6.51.